The summed E-state index contributed by atoms with van der Waals surface area (Å²) >= 11 is 0. The van der Waals surface area contributed by atoms with Gasteiger partial charge in [0, 0.05) is 18.6 Å². The van der Waals surface area contributed by atoms with E-state index >= 15 is 0 Å². The van der Waals surface area contributed by atoms with Crippen LogP contribution in [0, 0.1) is 0 Å². The van der Waals surface area contributed by atoms with E-state index in [0.717, 1.165) is 12.7 Å². The van der Waals surface area contributed by atoms with E-state index in [4.69, 9.17) is 24.4 Å². The highest BCUT2D eigenvalue weighted by atomic mass is 16.7. The number of carbonyl (C=O) groups is 3. The Morgan fingerprint density at radius 2 is 1.68 bits per heavy atom. The van der Waals surface area contributed by atoms with Crippen molar-refractivity contribution in [2.45, 2.75) is 18.9 Å². The van der Waals surface area contributed by atoms with Crippen LogP contribution in [-0.4, -0.2) is 51.3 Å². The third-order valence-electron chi connectivity index (χ3n) is 5.15. The van der Waals surface area contributed by atoms with Crippen LogP contribution in [0.5, 0.6) is 17.4 Å². The average molecular weight is 525 g/mol. The van der Waals surface area contributed by atoms with Gasteiger partial charge in [0.15, 0.2) is 17.5 Å². The van der Waals surface area contributed by atoms with Gasteiger partial charge in [-0.15, -0.1) is 0 Å². The third kappa shape index (κ3) is 8.01. The Kier molecular flexibility index (Phi) is 9.69. The van der Waals surface area contributed by atoms with Gasteiger partial charge in [-0.25, -0.2) is 4.79 Å². The molecule has 4 N–H and O–H groups in total. The molecule has 200 valence electrons. The maximum atomic E-state index is 13.1. The van der Waals surface area contributed by atoms with Crippen molar-refractivity contribution in [1.29, 1.82) is 0 Å². The summed E-state index contributed by atoms with van der Waals surface area (Å²) in [5.41, 5.74) is 7.46. The predicted molar refractivity (Wildman–Crippen MR) is 137 cm³/mol. The van der Waals surface area contributed by atoms with Crippen molar-refractivity contribution in [3.63, 3.8) is 0 Å². The van der Waals surface area contributed by atoms with E-state index in [-0.39, 0.29) is 30.6 Å². The number of aliphatic imine (C=N–C) groups is 1. The van der Waals surface area contributed by atoms with Crippen molar-refractivity contribution in [2.75, 3.05) is 26.6 Å². The largest absolute Gasteiger partial charge is 0.516 e. The zero-order chi connectivity index (χ0) is 27.5. The summed E-state index contributed by atoms with van der Waals surface area (Å²) in [6.45, 7) is 0. The zero-order valence-electron chi connectivity index (χ0n) is 21.1. The number of carbonyl (C=O) groups excluding carboxylic acids is 3. The number of hydrogen-bond acceptors (Lipinski definition) is 8. The number of methoxy groups -OCH3 is 3. The number of nitrogens with zero attached hydrogens (tertiary/aromatic N) is 1. The summed E-state index contributed by atoms with van der Waals surface area (Å²) < 4.78 is 24.9. The monoisotopic (exact) mass is 524 g/mol. The normalized spacial score (nSPS) is 11.7. The lowest BCUT2D eigenvalue weighted by Gasteiger charge is -2.18. The minimum atomic E-state index is -0.970. The van der Waals surface area contributed by atoms with Crippen LogP contribution < -0.4 is 30.6 Å². The summed E-state index contributed by atoms with van der Waals surface area (Å²) in [6.07, 6.45) is -0.797. The SMILES string of the molecule is COC(=O)Oc1ccc(NC(=O)[C@@H](Cc2ccccc2)NC(N)=NC(=O)Cc2ccc(OC)c(OC)c2)o1. The highest BCUT2D eigenvalue weighted by Gasteiger charge is 2.22. The van der Waals surface area contributed by atoms with Gasteiger partial charge in [0.1, 0.15) is 6.04 Å². The predicted octanol–water partition coefficient (Wildman–Crippen LogP) is 2.67. The number of furan rings is 1. The van der Waals surface area contributed by atoms with Crippen LogP contribution in [0.15, 0.2) is 70.1 Å². The Labute approximate surface area is 218 Å². The summed E-state index contributed by atoms with van der Waals surface area (Å²) in [4.78, 5) is 40.7. The standard InChI is InChI=1S/C26H28N4O8/c1-34-19-10-9-17(14-20(19)35-2)15-21(31)29-25(27)28-18(13-16-7-5-4-6-8-16)24(32)30-22-11-12-23(37-22)38-26(33)36-3/h4-12,14,18H,13,15H2,1-3H3,(H,30,32)(H3,27,28,29,31)/t18-/m1/s1. The van der Waals surface area contributed by atoms with Crippen LogP contribution in [0.4, 0.5) is 10.7 Å². The Balaban J connectivity index is 1.70. The van der Waals surface area contributed by atoms with E-state index in [1.165, 1.54) is 26.4 Å². The van der Waals surface area contributed by atoms with Gasteiger partial charge < -0.3 is 34.4 Å². The molecule has 3 rings (SSSR count). The van der Waals surface area contributed by atoms with Crippen LogP contribution in [0.2, 0.25) is 0 Å². The van der Waals surface area contributed by atoms with Gasteiger partial charge in [-0.2, -0.15) is 4.99 Å². The fraction of sp³-hybridized carbons (Fsp3) is 0.231. The fourth-order valence-electron chi connectivity index (χ4n) is 3.38. The van der Waals surface area contributed by atoms with Crippen molar-refractivity contribution in [3.05, 3.63) is 71.8 Å². The topological polar surface area (TPSA) is 164 Å². The minimum absolute atomic E-state index is 0.0220. The van der Waals surface area contributed by atoms with E-state index in [2.05, 4.69) is 20.4 Å². The minimum Gasteiger partial charge on any atom is -0.493 e. The van der Waals surface area contributed by atoms with Crippen molar-refractivity contribution in [1.82, 2.24) is 5.32 Å². The number of rotatable bonds is 10. The second kappa shape index (κ2) is 13.3. The van der Waals surface area contributed by atoms with Crippen LogP contribution in [0.1, 0.15) is 11.1 Å². The summed E-state index contributed by atoms with van der Waals surface area (Å²) in [6, 6.07) is 16.1. The number of anilines is 1. The first kappa shape index (κ1) is 27.6. The van der Waals surface area contributed by atoms with Gasteiger partial charge in [-0.3, -0.25) is 14.9 Å². The lowest BCUT2D eigenvalue weighted by Crippen LogP contribution is -2.48. The van der Waals surface area contributed by atoms with Crippen molar-refractivity contribution < 1.29 is 37.7 Å². The Bertz CT molecular complexity index is 1290. The fourth-order valence-corrected chi connectivity index (χ4v) is 3.38. The van der Waals surface area contributed by atoms with Gasteiger partial charge in [0.2, 0.25) is 11.8 Å². The zero-order valence-corrected chi connectivity index (χ0v) is 21.1. The average Bonchev–Trinajstić information content (AvgIpc) is 3.34. The molecule has 2 amide bonds. The highest BCUT2D eigenvalue weighted by molar-refractivity contribution is 5.99. The number of nitrogens with one attached hydrogen (secondary N) is 2. The summed E-state index contributed by atoms with van der Waals surface area (Å²) in [7, 11) is 4.16. The van der Waals surface area contributed by atoms with Gasteiger partial charge in [0.05, 0.1) is 27.8 Å². The first-order chi connectivity index (χ1) is 18.3. The van der Waals surface area contributed by atoms with E-state index in [1.807, 2.05) is 30.3 Å². The van der Waals surface area contributed by atoms with E-state index in [1.54, 1.807) is 18.2 Å². The molecule has 0 aliphatic carbocycles. The molecule has 0 unspecified atom stereocenters. The van der Waals surface area contributed by atoms with Crippen LogP contribution in [0.25, 0.3) is 0 Å². The molecule has 0 aliphatic heterocycles. The number of benzene rings is 2. The number of guanidine groups is 1. The van der Waals surface area contributed by atoms with E-state index < -0.39 is 24.0 Å². The molecule has 1 aromatic heterocycles. The molecule has 0 spiro atoms. The van der Waals surface area contributed by atoms with Crippen LogP contribution in [-0.2, 0) is 27.2 Å². The Morgan fingerprint density at radius 1 is 0.947 bits per heavy atom. The van der Waals surface area contributed by atoms with Gasteiger partial charge in [0.25, 0.3) is 11.9 Å². The van der Waals surface area contributed by atoms with Crippen molar-refractivity contribution in [3.8, 4) is 17.4 Å². The van der Waals surface area contributed by atoms with Crippen molar-refractivity contribution in [2.24, 2.45) is 10.7 Å². The molecule has 3 aromatic rings. The lowest BCUT2D eigenvalue weighted by molar-refractivity contribution is -0.118. The number of ether oxygens (including phenoxy) is 4. The number of nitrogens with two attached hydrogens (primary N) is 1. The third-order valence-corrected chi connectivity index (χ3v) is 5.15. The molecule has 1 atom stereocenters. The van der Waals surface area contributed by atoms with E-state index in [9.17, 15) is 14.4 Å². The van der Waals surface area contributed by atoms with E-state index in [0.29, 0.717) is 17.1 Å². The molecule has 12 heteroatoms. The number of hydrogen-bond donors (Lipinski definition) is 3. The molecule has 0 radical (unpaired) electrons. The maximum absolute atomic E-state index is 13.1. The molecule has 12 nitrogen and oxygen atoms in total. The molecular weight excluding hydrogens is 496 g/mol. The first-order valence-electron chi connectivity index (χ1n) is 11.4. The first-order valence-corrected chi connectivity index (χ1v) is 11.4. The van der Waals surface area contributed by atoms with Gasteiger partial charge in [-0.1, -0.05) is 36.4 Å². The highest BCUT2D eigenvalue weighted by Crippen LogP contribution is 2.27. The Hall–Kier alpha value is -5.00. The molecule has 0 bridgehead atoms. The summed E-state index contributed by atoms with van der Waals surface area (Å²) in [5.74, 6) is -0.430. The Morgan fingerprint density at radius 3 is 2.37 bits per heavy atom. The lowest BCUT2D eigenvalue weighted by atomic mass is 10.1. The smallest absolute Gasteiger partial charge is 0.493 e. The second-order valence-corrected chi connectivity index (χ2v) is 7.81. The molecule has 38 heavy (non-hydrogen) atoms. The van der Waals surface area contributed by atoms with Crippen LogP contribution >= 0.6 is 0 Å². The second-order valence-electron chi connectivity index (χ2n) is 7.81. The van der Waals surface area contributed by atoms with Crippen molar-refractivity contribution >= 4 is 29.8 Å². The van der Waals surface area contributed by atoms with Gasteiger partial charge in [-0.05, 0) is 23.3 Å². The molecule has 0 saturated carbocycles. The maximum Gasteiger partial charge on any atom is 0.516 e. The molecule has 0 aliphatic rings. The number of amides is 2. The van der Waals surface area contributed by atoms with Gasteiger partial charge >= 0.3 is 6.16 Å². The molecular formula is C26H28N4O8. The van der Waals surface area contributed by atoms with Crippen LogP contribution in [0.3, 0.4) is 0 Å². The molecule has 0 fully saturated rings. The summed E-state index contributed by atoms with van der Waals surface area (Å²) in [5, 5.41) is 5.37. The molecule has 0 saturated heterocycles. The molecule has 1 heterocycles. The quantitative estimate of drug-likeness (QED) is 0.204. The molecule has 2 aromatic carbocycles.